The lowest BCUT2D eigenvalue weighted by Crippen LogP contribution is -2.25. The molecule has 7 nitrogen and oxygen atoms in total. The third kappa shape index (κ3) is 6.99. The van der Waals surface area contributed by atoms with Crippen LogP contribution in [0.1, 0.15) is 36.8 Å². The number of aryl methyl sites for hydroxylation is 1. The number of ether oxygens (including phenoxy) is 2. The van der Waals surface area contributed by atoms with Crippen molar-refractivity contribution in [2.75, 3.05) is 6.54 Å². The van der Waals surface area contributed by atoms with E-state index in [9.17, 15) is 14.4 Å². The van der Waals surface area contributed by atoms with Crippen LogP contribution in [0.4, 0.5) is 4.79 Å². The van der Waals surface area contributed by atoms with E-state index in [4.69, 9.17) is 13.9 Å². The molecule has 0 aliphatic rings. The molecule has 0 bridgehead atoms. The maximum Gasteiger partial charge on any atom is 0.407 e. The monoisotopic (exact) mass is 423 g/mol. The van der Waals surface area contributed by atoms with Crippen molar-refractivity contribution < 1.29 is 23.5 Å². The summed E-state index contributed by atoms with van der Waals surface area (Å²) in [6, 6.07) is 15.9. The summed E-state index contributed by atoms with van der Waals surface area (Å²) in [4.78, 5) is 35.2. The van der Waals surface area contributed by atoms with Gasteiger partial charge in [0.25, 0.3) is 0 Å². The fourth-order valence-corrected chi connectivity index (χ4v) is 3.09. The topological polar surface area (TPSA) is 94.8 Å². The quantitative estimate of drug-likeness (QED) is 0.236. The minimum atomic E-state index is -0.457. The fraction of sp³-hybridized carbons (Fsp3) is 0.292. The molecule has 0 unspecified atom stereocenters. The summed E-state index contributed by atoms with van der Waals surface area (Å²) in [6.45, 7) is 2.53. The Morgan fingerprint density at radius 3 is 2.61 bits per heavy atom. The molecule has 0 atom stereocenters. The zero-order chi connectivity index (χ0) is 22.1. The summed E-state index contributed by atoms with van der Waals surface area (Å²) in [7, 11) is 0. The molecule has 1 amide bonds. The number of unbranched alkanes of at least 4 members (excludes halogenated alkanes) is 2. The van der Waals surface area contributed by atoms with Crippen LogP contribution in [0.15, 0.2) is 63.8 Å². The van der Waals surface area contributed by atoms with Gasteiger partial charge in [-0.25, -0.2) is 9.59 Å². The molecule has 7 heteroatoms. The van der Waals surface area contributed by atoms with Gasteiger partial charge in [0, 0.05) is 30.5 Å². The molecule has 0 spiro atoms. The lowest BCUT2D eigenvalue weighted by molar-refractivity contribution is -0.134. The zero-order valence-corrected chi connectivity index (χ0v) is 17.4. The summed E-state index contributed by atoms with van der Waals surface area (Å²) < 4.78 is 15.6. The lowest BCUT2D eigenvalue weighted by atomic mass is 10.1. The second-order valence-electron chi connectivity index (χ2n) is 7.18. The van der Waals surface area contributed by atoms with E-state index in [2.05, 4.69) is 5.32 Å². The molecular formula is C24H25NO6. The Kier molecular flexibility index (Phi) is 7.81. The van der Waals surface area contributed by atoms with Gasteiger partial charge in [0.05, 0.1) is 0 Å². The van der Waals surface area contributed by atoms with E-state index in [1.54, 1.807) is 18.2 Å². The third-order valence-electron chi connectivity index (χ3n) is 4.69. The van der Waals surface area contributed by atoms with Crippen LogP contribution in [-0.2, 0) is 16.1 Å². The van der Waals surface area contributed by atoms with Gasteiger partial charge in [-0.2, -0.15) is 0 Å². The highest BCUT2D eigenvalue weighted by Crippen LogP contribution is 2.22. The van der Waals surface area contributed by atoms with Crippen LogP contribution in [0.25, 0.3) is 11.0 Å². The van der Waals surface area contributed by atoms with Crippen LogP contribution in [0, 0.1) is 6.92 Å². The second kappa shape index (κ2) is 11.0. The molecule has 0 saturated heterocycles. The van der Waals surface area contributed by atoms with Crippen LogP contribution in [0.5, 0.6) is 5.75 Å². The van der Waals surface area contributed by atoms with Gasteiger partial charge in [-0.3, -0.25) is 4.79 Å². The van der Waals surface area contributed by atoms with E-state index in [0.29, 0.717) is 24.3 Å². The summed E-state index contributed by atoms with van der Waals surface area (Å²) in [5.41, 5.74) is 1.69. The summed E-state index contributed by atoms with van der Waals surface area (Å²) in [5.74, 6) is -0.0151. The van der Waals surface area contributed by atoms with E-state index in [1.807, 2.05) is 37.3 Å². The van der Waals surface area contributed by atoms with Crippen LogP contribution < -0.4 is 15.7 Å². The van der Waals surface area contributed by atoms with Crippen molar-refractivity contribution in [3.63, 3.8) is 0 Å². The molecule has 1 N–H and O–H groups in total. The molecule has 3 aromatic rings. The number of nitrogens with one attached hydrogen (secondary N) is 1. The van der Waals surface area contributed by atoms with Crippen molar-refractivity contribution in [3.05, 3.63) is 76.1 Å². The Bertz CT molecular complexity index is 1090. The van der Waals surface area contributed by atoms with Gasteiger partial charge in [0.1, 0.15) is 17.9 Å². The van der Waals surface area contributed by atoms with Crippen molar-refractivity contribution in [2.45, 2.75) is 39.2 Å². The normalized spacial score (nSPS) is 10.6. The first kappa shape index (κ1) is 22.1. The molecule has 2 aromatic carbocycles. The fourth-order valence-electron chi connectivity index (χ4n) is 3.09. The molecule has 3 rings (SSSR count). The van der Waals surface area contributed by atoms with Crippen molar-refractivity contribution >= 4 is 23.0 Å². The Hall–Kier alpha value is -3.61. The summed E-state index contributed by atoms with van der Waals surface area (Å²) in [6.07, 6.45) is 1.94. The molecule has 1 aromatic heterocycles. The molecular weight excluding hydrogens is 398 g/mol. The van der Waals surface area contributed by atoms with E-state index < -0.39 is 11.7 Å². The third-order valence-corrected chi connectivity index (χ3v) is 4.69. The van der Waals surface area contributed by atoms with Gasteiger partial charge < -0.3 is 19.2 Å². The number of amides is 1. The number of carbonyl (C=O) groups is 2. The predicted octanol–water partition coefficient (Wildman–Crippen LogP) is 4.49. The molecule has 0 fully saturated rings. The maximum atomic E-state index is 12.0. The number of benzene rings is 2. The minimum absolute atomic E-state index is 0.232. The van der Waals surface area contributed by atoms with Gasteiger partial charge in [-0.1, -0.05) is 36.8 Å². The van der Waals surface area contributed by atoms with Crippen LogP contribution in [0.3, 0.4) is 0 Å². The standard InChI is InChI=1S/C24H25NO6/c1-17-14-23(27)31-21-15-19(11-12-20(17)21)30-22(26)10-6-3-7-13-25-24(28)29-16-18-8-4-2-5-9-18/h2,4-5,8-9,11-12,14-15H,3,6-7,10,13,16H2,1H3,(H,25,28). The summed E-state index contributed by atoms with van der Waals surface area (Å²) >= 11 is 0. The molecule has 0 radical (unpaired) electrons. The largest absolute Gasteiger partial charge is 0.445 e. The van der Waals surface area contributed by atoms with Crippen LogP contribution in [0.2, 0.25) is 0 Å². The highest BCUT2D eigenvalue weighted by Gasteiger charge is 2.08. The first-order valence-electron chi connectivity index (χ1n) is 10.2. The lowest BCUT2D eigenvalue weighted by Gasteiger charge is -2.07. The minimum Gasteiger partial charge on any atom is -0.445 e. The van der Waals surface area contributed by atoms with E-state index >= 15 is 0 Å². The zero-order valence-electron chi connectivity index (χ0n) is 17.4. The first-order valence-corrected chi connectivity index (χ1v) is 10.2. The van der Waals surface area contributed by atoms with E-state index in [1.165, 1.54) is 6.07 Å². The van der Waals surface area contributed by atoms with Crippen molar-refractivity contribution in [1.82, 2.24) is 5.32 Å². The van der Waals surface area contributed by atoms with E-state index in [0.717, 1.165) is 29.4 Å². The van der Waals surface area contributed by atoms with Gasteiger partial charge in [0.2, 0.25) is 0 Å². The van der Waals surface area contributed by atoms with Gasteiger partial charge >= 0.3 is 17.7 Å². The van der Waals surface area contributed by atoms with Crippen molar-refractivity contribution in [2.24, 2.45) is 0 Å². The first-order chi connectivity index (χ1) is 15.0. The Morgan fingerprint density at radius 1 is 1.00 bits per heavy atom. The number of fused-ring (bicyclic) bond motifs is 1. The second-order valence-corrected chi connectivity index (χ2v) is 7.18. The molecule has 0 saturated carbocycles. The van der Waals surface area contributed by atoms with Crippen molar-refractivity contribution in [1.29, 1.82) is 0 Å². The number of hydrogen-bond donors (Lipinski definition) is 1. The number of carbonyl (C=O) groups excluding carboxylic acids is 2. The predicted molar refractivity (Wildman–Crippen MR) is 116 cm³/mol. The van der Waals surface area contributed by atoms with E-state index in [-0.39, 0.29) is 19.0 Å². The molecule has 0 aliphatic heterocycles. The number of hydrogen-bond acceptors (Lipinski definition) is 6. The average Bonchev–Trinajstić information content (AvgIpc) is 2.75. The molecule has 162 valence electrons. The van der Waals surface area contributed by atoms with Gasteiger partial charge in [-0.15, -0.1) is 0 Å². The SMILES string of the molecule is Cc1cc(=O)oc2cc(OC(=O)CCCCCNC(=O)OCc3ccccc3)ccc12. The van der Waals surface area contributed by atoms with Gasteiger partial charge in [-0.05, 0) is 43.0 Å². The Labute approximate surface area is 180 Å². The number of rotatable bonds is 9. The maximum absolute atomic E-state index is 12.0. The average molecular weight is 423 g/mol. The number of esters is 1. The van der Waals surface area contributed by atoms with Gasteiger partial charge in [0.15, 0.2) is 0 Å². The Balaban J connectivity index is 1.31. The highest BCUT2D eigenvalue weighted by molar-refractivity contribution is 5.82. The smallest absolute Gasteiger partial charge is 0.407 e. The Morgan fingerprint density at radius 2 is 1.81 bits per heavy atom. The molecule has 31 heavy (non-hydrogen) atoms. The number of alkyl carbamates (subject to hydrolysis) is 1. The molecule has 1 heterocycles. The van der Waals surface area contributed by atoms with Crippen LogP contribution in [-0.4, -0.2) is 18.6 Å². The highest BCUT2D eigenvalue weighted by atomic mass is 16.5. The van der Waals surface area contributed by atoms with Crippen molar-refractivity contribution in [3.8, 4) is 5.75 Å². The van der Waals surface area contributed by atoms with Crippen LogP contribution >= 0.6 is 0 Å². The molecule has 0 aliphatic carbocycles. The summed E-state index contributed by atoms with van der Waals surface area (Å²) in [5, 5.41) is 3.49.